The molecule has 1 aromatic carbocycles. The quantitative estimate of drug-likeness (QED) is 0.711. The van der Waals surface area contributed by atoms with Crippen molar-refractivity contribution in [3.05, 3.63) is 36.7 Å². The van der Waals surface area contributed by atoms with Crippen LogP contribution in [0.4, 0.5) is 10.9 Å². The molecule has 1 aliphatic carbocycles. The van der Waals surface area contributed by atoms with Crippen LogP contribution in [-0.4, -0.2) is 40.2 Å². The van der Waals surface area contributed by atoms with Crippen molar-refractivity contribution >= 4 is 32.5 Å². The Morgan fingerprint density at radius 3 is 2.89 bits per heavy atom. The van der Waals surface area contributed by atoms with E-state index in [2.05, 4.69) is 37.3 Å². The average molecular weight is 392 g/mol. The van der Waals surface area contributed by atoms with E-state index in [4.69, 9.17) is 10.00 Å². The summed E-state index contributed by atoms with van der Waals surface area (Å²) in [4.78, 5) is 15.6. The van der Waals surface area contributed by atoms with Crippen LogP contribution in [0, 0.1) is 17.2 Å². The Labute approximate surface area is 167 Å². The third kappa shape index (κ3) is 3.34. The molecule has 142 valence electrons. The maximum Gasteiger partial charge on any atom is 0.257 e. The second-order valence-corrected chi connectivity index (χ2v) is 8.32. The first-order valence-corrected chi connectivity index (χ1v) is 10.3. The number of aromatic nitrogens is 3. The summed E-state index contributed by atoms with van der Waals surface area (Å²) in [5.74, 6) is 1.38. The second kappa shape index (κ2) is 7.24. The van der Waals surface area contributed by atoms with E-state index in [-0.39, 0.29) is 12.0 Å². The van der Waals surface area contributed by atoms with Crippen LogP contribution in [0.1, 0.15) is 19.3 Å². The van der Waals surface area contributed by atoms with Gasteiger partial charge in [-0.3, -0.25) is 0 Å². The first kappa shape index (κ1) is 17.2. The molecule has 2 aromatic heterocycles. The molecule has 7 nitrogen and oxygen atoms in total. The Bertz CT molecular complexity index is 992. The molecule has 2 aliphatic rings. The number of hydrogen-bond acceptors (Lipinski definition) is 8. The fraction of sp³-hybridized carbons (Fsp3) is 0.400. The number of ether oxygens (including phenoxy) is 1. The van der Waals surface area contributed by atoms with E-state index >= 15 is 0 Å². The average Bonchev–Trinajstić information content (AvgIpc) is 3.33. The van der Waals surface area contributed by atoms with Crippen LogP contribution >= 0.6 is 11.3 Å². The van der Waals surface area contributed by atoms with Gasteiger partial charge in [0.25, 0.3) is 5.88 Å². The number of hydrogen-bond donors (Lipinski definition) is 1. The van der Waals surface area contributed by atoms with E-state index < -0.39 is 0 Å². The molecule has 0 spiro atoms. The number of nitriles is 1. The number of nitrogens with one attached hydrogen (secondary N) is 1. The number of para-hydroxylation sites is 1. The van der Waals surface area contributed by atoms with Gasteiger partial charge in [-0.2, -0.15) is 5.26 Å². The molecule has 5 rings (SSSR count). The van der Waals surface area contributed by atoms with Gasteiger partial charge < -0.3 is 15.0 Å². The van der Waals surface area contributed by atoms with Crippen LogP contribution in [0.3, 0.4) is 0 Å². The SMILES string of the molecule is N#C[C@H]1CCN(c2nccnc2O[C@H]2C[C@H](Nc3nc4ccccc4s3)C2)C1. The van der Waals surface area contributed by atoms with Crippen molar-refractivity contribution < 1.29 is 4.74 Å². The highest BCUT2D eigenvalue weighted by Crippen LogP contribution is 2.34. The van der Waals surface area contributed by atoms with Gasteiger partial charge in [0.15, 0.2) is 10.9 Å². The molecule has 0 radical (unpaired) electrons. The number of anilines is 2. The first-order valence-electron chi connectivity index (χ1n) is 9.53. The number of fused-ring (bicyclic) bond motifs is 1. The minimum absolute atomic E-state index is 0.0564. The molecule has 1 atom stereocenters. The Balaban J connectivity index is 1.19. The Kier molecular flexibility index (Phi) is 4.45. The Morgan fingerprint density at radius 1 is 1.21 bits per heavy atom. The molecular formula is C20H20N6OS. The van der Waals surface area contributed by atoms with E-state index in [0.717, 1.165) is 42.3 Å². The lowest BCUT2D eigenvalue weighted by Gasteiger charge is -2.35. The number of rotatable bonds is 5. The van der Waals surface area contributed by atoms with Gasteiger partial charge in [0.05, 0.1) is 22.2 Å². The monoisotopic (exact) mass is 392 g/mol. The maximum atomic E-state index is 9.13. The highest BCUT2D eigenvalue weighted by atomic mass is 32.1. The summed E-state index contributed by atoms with van der Waals surface area (Å²) in [6.45, 7) is 1.51. The highest BCUT2D eigenvalue weighted by Gasteiger charge is 2.34. The summed E-state index contributed by atoms with van der Waals surface area (Å²) in [6.07, 6.45) is 6.15. The molecule has 1 saturated heterocycles. The van der Waals surface area contributed by atoms with Crippen LogP contribution in [-0.2, 0) is 0 Å². The van der Waals surface area contributed by atoms with E-state index in [1.807, 2.05) is 18.2 Å². The molecule has 1 N–H and O–H groups in total. The molecule has 8 heteroatoms. The molecule has 0 amide bonds. The lowest BCUT2D eigenvalue weighted by molar-refractivity contribution is 0.103. The first-order chi connectivity index (χ1) is 13.8. The summed E-state index contributed by atoms with van der Waals surface area (Å²) < 4.78 is 7.33. The van der Waals surface area contributed by atoms with Gasteiger partial charge in [-0.05, 0) is 18.6 Å². The Morgan fingerprint density at radius 2 is 2.07 bits per heavy atom. The second-order valence-electron chi connectivity index (χ2n) is 7.29. The summed E-state index contributed by atoms with van der Waals surface area (Å²) in [5, 5.41) is 13.6. The zero-order valence-corrected chi connectivity index (χ0v) is 16.1. The van der Waals surface area contributed by atoms with E-state index in [1.54, 1.807) is 23.7 Å². The fourth-order valence-corrected chi connectivity index (χ4v) is 4.66. The van der Waals surface area contributed by atoms with Gasteiger partial charge >= 0.3 is 0 Å². The van der Waals surface area contributed by atoms with Gasteiger partial charge in [-0.1, -0.05) is 23.5 Å². The van der Waals surface area contributed by atoms with Crippen molar-refractivity contribution in [3.8, 4) is 11.9 Å². The molecule has 0 bridgehead atoms. The molecule has 3 aromatic rings. The molecule has 1 aliphatic heterocycles. The maximum absolute atomic E-state index is 9.13. The standard InChI is InChI=1S/C20H20N6OS/c21-11-13-5-8-26(12-13)18-19(23-7-6-22-18)27-15-9-14(10-15)24-20-25-16-3-1-2-4-17(16)28-20/h1-4,6-7,13-15H,5,8-10,12H2,(H,24,25)/t13-,14-,15-/m1/s1. The molecule has 1 saturated carbocycles. The van der Waals surface area contributed by atoms with Crippen LogP contribution < -0.4 is 15.0 Å². The normalized spacial score (nSPS) is 24.0. The molecule has 28 heavy (non-hydrogen) atoms. The molecule has 2 fully saturated rings. The van der Waals surface area contributed by atoms with Crippen LogP contribution in [0.15, 0.2) is 36.7 Å². The number of nitrogens with zero attached hydrogens (tertiary/aromatic N) is 5. The Hall–Kier alpha value is -2.92. The minimum atomic E-state index is 0.0564. The van der Waals surface area contributed by atoms with Gasteiger partial charge in [0.2, 0.25) is 0 Å². The summed E-state index contributed by atoms with van der Waals surface area (Å²) in [6, 6.07) is 10.9. The van der Waals surface area contributed by atoms with Crippen LogP contribution in [0.5, 0.6) is 5.88 Å². The van der Waals surface area contributed by atoms with Crippen molar-refractivity contribution in [2.75, 3.05) is 23.3 Å². The zero-order valence-electron chi connectivity index (χ0n) is 15.3. The van der Waals surface area contributed by atoms with Crippen molar-refractivity contribution in [1.29, 1.82) is 5.26 Å². The zero-order chi connectivity index (χ0) is 18.9. The van der Waals surface area contributed by atoms with Crippen molar-refractivity contribution in [3.63, 3.8) is 0 Å². The lowest BCUT2D eigenvalue weighted by atomic mass is 9.89. The summed E-state index contributed by atoms with van der Waals surface area (Å²) >= 11 is 1.68. The van der Waals surface area contributed by atoms with Gasteiger partial charge in [-0.25, -0.2) is 15.0 Å². The minimum Gasteiger partial charge on any atom is -0.472 e. The lowest BCUT2D eigenvalue weighted by Crippen LogP contribution is -2.43. The van der Waals surface area contributed by atoms with Gasteiger partial charge in [0.1, 0.15) is 6.10 Å². The molecule has 0 unspecified atom stereocenters. The van der Waals surface area contributed by atoms with Crippen LogP contribution in [0.2, 0.25) is 0 Å². The van der Waals surface area contributed by atoms with Gasteiger partial charge in [0, 0.05) is 44.4 Å². The third-order valence-electron chi connectivity index (χ3n) is 5.31. The smallest absolute Gasteiger partial charge is 0.257 e. The van der Waals surface area contributed by atoms with E-state index in [0.29, 0.717) is 18.5 Å². The van der Waals surface area contributed by atoms with E-state index in [9.17, 15) is 0 Å². The molecule has 3 heterocycles. The fourth-order valence-electron chi connectivity index (χ4n) is 3.72. The van der Waals surface area contributed by atoms with Gasteiger partial charge in [-0.15, -0.1) is 0 Å². The summed E-state index contributed by atoms with van der Waals surface area (Å²) in [5.41, 5.74) is 1.03. The summed E-state index contributed by atoms with van der Waals surface area (Å²) in [7, 11) is 0. The highest BCUT2D eigenvalue weighted by molar-refractivity contribution is 7.22. The van der Waals surface area contributed by atoms with Crippen molar-refractivity contribution in [1.82, 2.24) is 15.0 Å². The van der Waals surface area contributed by atoms with E-state index in [1.165, 1.54) is 4.70 Å². The molecular weight excluding hydrogens is 372 g/mol. The van der Waals surface area contributed by atoms with Crippen LogP contribution in [0.25, 0.3) is 10.2 Å². The van der Waals surface area contributed by atoms with Crippen molar-refractivity contribution in [2.24, 2.45) is 5.92 Å². The third-order valence-corrected chi connectivity index (χ3v) is 6.28. The topological polar surface area (TPSA) is 87.0 Å². The van der Waals surface area contributed by atoms with Crippen molar-refractivity contribution in [2.45, 2.75) is 31.4 Å². The number of benzene rings is 1. The predicted octanol–water partition coefficient (Wildman–Crippen LogP) is 3.46. The predicted molar refractivity (Wildman–Crippen MR) is 109 cm³/mol. The number of thiazole rings is 1. The largest absolute Gasteiger partial charge is 0.472 e.